The van der Waals surface area contributed by atoms with Gasteiger partial charge in [-0.15, -0.1) is 0 Å². The fourth-order valence-corrected chi connectivity index (χ4v) is 3.43. The molecule has 0 N–H and O–H groups in total. The highest BCUT2D eigenvalue weighted by Crippen LogP contribution is 2.40. The first-order chi connectivity index (χ1) is 13.6. The van der Waals surface area contributed by atoms with Crippen LogP contribution in [0.1, 0.15) is 35.5 Å². The molecule has 1 aliphatic rings. The van der Waals surface area contributed by atoms with Gasteiger partial charge in [-0.3, -0.25) is 4.79 Å². The third kappa shape index (κ3) is 3.01. The van der Waals surface area contributed by atoms with Gasteiger partial charge in [0.2, 0.25) is 0 Å². The van der Waals surface area contributed by atoms with Crippen molar-refractivity contribution < 1.29 is 18.8 Å². The molecule has 0 saturated heterocycles. The molecule has 0 spiro atoms. The van der Waals surface area contributed by atoms with Gasteiger partial charge in [0, 0.05) is 6.54 Å². The summed E-state index contributed by atoms with van der Waals surface area (Å²) in [7, 11) is 0. The number of aryl methyl sites for hydroxylation is 1. The molecule has 2 aromatic carbocycles. The first kappa shape index (κ1) is 18.1. The first-order valence-corrected chi connectivity index (χ1v) is 9.40. The van der Waals surface area contributed by atoms with Crippen LogP contribution in [0.25, 0.3) is 11.3 Å². The van der Waals surface area contributed by atoms with Gasteiger partial charge in [-0.05, 0) is 45.0 Å². The van der Waals surface area contributed by atoms with Crippen LogP contribution in [-0.2, 0) is 6.61 Å². The molecular formula is C22H22N2O4. The van der Waals surface area contributed by atoms with Gasteiger partial charge in [0.05, 0.1) is 23.4 Å². The van der Waals surface area contributed by atoms with E-state index in [1.807, 2.05) is 63.2 Å². The predicted octanol–water partition coefficient (Wildman–Crippen LogP) is 4.61. The van der Waals surface area contributed by atoms with Crippen molar-refractivity contribution in [2.75, 3.05) is 18.1 Å². The average molecular weight is 378 g/mol. The number of carbonyl (C=O) groups excluding carboxylic acids is 1. The fourth-order valence-electron chi connectivity index (χ4n) is 3.43. The standard InChI is InChI=1S/C22H22N2O4/c1-4-24(17-8-6-7-9-19(17)26-5-2)22(25)20-16-13-27-18-11-10-14(3)12-15(18)21(16)28-23-20/h6-12H,4-5,13H2,1-3H3. The normalized spacial score (nSPS) is 12.0. The Labute approximate surface area is 163 Å². The van der Waals surface area contributed by atoms with Gasteiger partial charge in [-0.2, -0.15) is 0 Å². The molecular weight excluding hydrogens is 356 g/mol. The number of carbonyl (C=O) groups is 1. The van der Waals surface area contributed by atoms with Gasteiger partial charge in [0.1, 0.15) is 18.1 Å². The number of nitrogens with zero attached hydrogens (tertiary/aromatic N) is 2. The Bertz CT molecular complexity index is 1030. The minimum absolute atomic E-state index is 0.237. The van der Waals surface area contributed by atoms with Crippen LogP contribution in [0.15, 0.2) is 47.0 Å². The van der Waals surface area contributed by atoms with Crippen molar-refractivity contribution in [3.8, 4) is 22.8 Å². The SMILES string of the molecule is CCOc1ccccc1N(CC)C(=O)c1noc2c1COc1ccc(C)cc1-2. The van der Waals surface area contributed by atoms with Crippen molar-refractivity contribution in [1.82, 2.24) is 5.16 Å². The number of anilines is 1. The molecule has 0 aliphatic carbocycles. The summed E-state index contributed by atoms with van der Waals surface area (Å²) in [4.78, 5) is 15.0. The lowest BCUT2D eigenvalue weighted by atomic mass is 10.0. The molecule has 6 nitrogen and oxygen atoms in total. The van der Waals surface area contributed by atoms with E-state index in [0.717, 1.165) is 16.9 Å². The van der Waals surface area contributed by atoms with Crippen molar-refractivity contribution in [1.29, 1.82) is 0 Å². The van der Waals surface area contributed by atoms with Crippen LogP contribution in [0.4, 0.5) is 5.69 Å². The number of hydrogen-bond acceptors (Lipinski definition) is 5. The minimum atomic E-state index is -0.237. The lowest BCUT2D eigenvalue weighted by Crippen LogP contribution is -2.32. The summed E-state index contributed by atoms with van der Waals surface area (Å²) >= 11 is 0. The second-order valence-corrected chi connectivity index (χ2v) is 6.58. The van der Waals surface area contributed by atoms with E-state index >= 15 is 0 Å². The Kier molecular flexibility index (Phi) is 4.77. The maximum absolute atomic E-state index is 13.3. The van der Waals surface area contributed by atoms with Gasteiger partial charge in [-0.1, -0.05) is 28.9 Å². The Hall–Kier alpha value is -3.28. The van der Waals surface area contributed by atoms with Crippen molar-refractivity contribution in [3.63, 3.8) is 0 Å². The van der Waals surface area contributed by atoms with Gasteiger partial charge in [0.15, 0.2) is 11.5 Å². The molecule has 1 aliphatic heterocycles. The van der Waals surface area contributed by atoms with Crippen LogP contribution >= 0.6 is 0 Å². The number of benzene rings is 2. The van der Waals surface area contributed by atoms with E-state index in [9.17, 15) is 4.79 Å². The zero-order valence-corrected chi connectivity index (χ0v) is 16.2. The molecule has 6 heteroatoms. The summed E-state index contributed by atoms with van der Waals surface area (Å²) in [5.74, 6) is 1.76. The average Bonchev–Trinajstić information content (AvgIpc) is 3.14. The number of ether oxygens (including phenoxy) is 2. The number of rotatable bonds is 5. The maximum Gasteiger partial charge on any atom is 0.281 e. The number of amides is 1. The van der Waals surface area contributed by atoms with Gasteiger partial charge < -0.3 is 18.9 Å². The van der Waals surface area contributed by atoms with Crippen LogP contribution in [-0.4, -0.2) is 24.2 Å². The molecule has 144 valence electrons. The van der Waals surface area contributed by atoms with Crippen molar-refractivity contribution in [2.45, 2.75) is 27.4 Å². The maximum atomic E-state index is 13.3. The monoisotopic (exact) mass is 378 g/mol. The zero-order valence-electron chi connectivity index (χ0n) is 16.2. The van der Waals surface area contributed by atoms with E-state index < -0.39 is 0 Å². The predicted molar refractivity (Wildman–Crippen MR) is 106 cm³/mol. The smallest absolute Gasteiger partial charge is 0.281 e. The van der Waals surface area contributed by atoms with E-state index in [0.29, 0.717) is 35.9 Å². The summed E-state index contributed by atoms with van der Waals surface area (Å²) in [5.41, 5.74) is 3.57. The van der Waals surface area contributed by atoms with Crippen LogP contribution in [0.2, 0.25) is 0 Å². The molecule has 28 heavy (non-hydrogen) atoms. The molecule has 3 aromatic rings. The number of hydrogen-bond donors (Lipinski definition) is 0. The fraction of sp³-hybridized carbons (Fsp3) is 0.273. The number of fused-ring (bicyclic) bond motifs is 3. The first-order valence-electron chi connectivity index (χ1n) is 9.40. The Morgan fingerprint density at radius 2 is 2.04 bits per heavy atom. The van der Waals surface area contributed by atoms with Crippen molar-refractivity contribution in [2.24, 2.45) is 0 Å². The van der Waals surface area contributed by atoms with Crippen molar-refractivity contribution in [3.05, 3.63) is 59.3 Å². The highest BCUT2D eigenvalue weighted by atomic mass is 16.5. The molecule has 0 atom stereocenters. The third-order valence-corrected chi connectivity index (χ3v) is 4.76. The Morgan fingerprint density at radius 3 is 2.82 bits per heavy atom. The molecule has 1 amide bonds. The van der Waals surface area contributed by atoms with Crippen LogP contribution in [0.5, 0.6) is 11.5 Å². The van der Waals surface area contributed by atoms with Crippen LogP contribution < -0.4 is 14.4 Å². The zero-order chi connectivity index (χ0) is 19.7. The van der Waals surface area contributed by atoms with Gasteiger partial charge in [0.25, 0.3) is 5.91 Å². The summed E-state index contributed by atoms with van der Waals surface area (Å²) in [5, 5.41) is 4.11. The number of para-hydroxylation sites is 2. The lowest BCUT2D eigenvalue weighted by Gasteiger charge is -2.23. The third-order valence-electron chi connectivity index (χ3n) is 4.76. The topological polar surface area (TPSA) is 64.8 Å². The number of aromatic nitrogens is 1. The molecule has 0 radical (unpaired) electrons. The minimum Gasteiger partial charge on any atom is -0.492 e. The summed E-state index contributed by atoms with van der Waals surface area (Å²) in [6.07, 6.45) is 0. The van der Waals surface area contributed by atoms with Gasteiger partial charge in [-0.25, -0.2) is 0 Å². The van der Waals surface area contributed by atoms with Crippen LogP contribution in [0, 0.1) is 6.92 Å². The van der Waals surface area contributed by atoms with Gasteiger partial charge >= 0.3 is 0 Å². The highest BCUT2D eigenvalue weighted by Gasteiger charge is 2.32. The van der Waals surface area contributed by atoms with Crippen LogP contribution in [0.3, 0.4) is 0 Å². The highest BCUT2D eigenvalue weighted by molar-refractivity contribution is 6.07. The van der Waals surface area contributed by atoms with Crippen molar-refractivity contribution >= 4 is 11.6 Å². The summed E-state index contributed by atoms with van der Waals surface area (Å²) in [6, 6.07) is 13.4. The molecule has 1 aromatic heterocycles. The Morgan fingerprint density at radius 1 is 1.21 bits per heavy atom. The second kappa shape index (κ2) is 7.38. The quantitative estimate of drug-likeness (QED) is 0.649. The van der Waals surface area contributed by atoms with E-state index in [-0.39, 0.29) is 18.2 Å². The van der Waals surface area contributed by atoms with E-state index in [1.54, 1.807) is 4.90 Å². The molecule has 0 saturated carbocycles. The van der Waals surface area contributed by atoms with E-state index in [2.05, 4.69) is 5.16 Å². The molecule has 2 heterocycles. The molecule has 0 fully saturated rings. The van der Waals surface area contributed by atoms with E-state index in [1.165, 1.54) is 0 Å². The molecule has 0 unspecified atom stereocenters. The lowest BCUT2D eigenvalue weighted by molar-refractivity contribution is 0.0976. The Balaban J connectivity index is 1.74. The molecule has 0 bridgehead atoms. The van der Waals surface area contributed by atoms with E-state index in [4.69, 9.17) is 14.0 Å². The summed E-state index contributed by atoms with van der Waals surface area (Å²) < 4.78 is 17.1. The second-order valence-electron chi connectivity index (χ2n) is 6.58. The summed E-state index contributed by atoms with van der Waals surface area (Å²) in [6.45, 7) is 7.08. The largest absolute Gasteiger partial charge is 0.492 e. The molecule has 4 rings (SSSR count).